The Morgan fingerprint density at radius 2 is 0.774 bits per heavy atom. The number of aryl methyl sites for hydroxylation is 3. The predicted molar refractivity (Wildman–Crippen MR) is 132 cm³/mol. The van der Waals surface area contributed by atoms with Crippen LogP contribution in [0.3, 0.4) is 0 Å². The molecule has 0 amide bonds. The van der Waals surface area contributed by atoms with Crippen molar-refractivity contribution >= 4 is 0 Å². The van der Waals surface area contributed by atoms with E-state index < -0.39 is 0 Å². The Balaban J connectivity index is 1.98. The van der Waals surface area contributed by atoms with Gasteiger partial charge in [-0.05, 0) is 81.5 Å². The zero-order valence-electron chi connectivity index (χ0n) is 19.3. The third-order valence-corrected chi connectivity index (χ3v) is 6.10. The highest BCUT2D eigenvalue weighted by molar-refractivity contribution is 5.86. The third kappa shape index (κ3) is 4.14. The summed E-state index contributed by atoms with van der Waals surface area (Å²) in [7, 11) is 0. The molecule has 0 bridgehead atoms. The van der Waals surface area contributed by atoms with Gasteiger partial charge in [-0.1, -0.05) is 77.4 Å². The van der Waals surface area contributed by atoms with Gasteiger partial charge in [0.2, 0.25) is 0 Å². The van der Waals surface area contributed by atoms with Gasteiger partial charge >= 0.3 is 0 Å². The van der Waals surface area contributed by atoms with E-state index in [0.29, 0.717) is 0 Å². The van der Waals surface area contributed by atoms with Crippen molar-refractivity contribution in [1.82, 2.24) is 0 Å². The first-order valence-corrected chi connectivity index (χ1v) is 10.9. The minimum absolute atomic E-state index is 0.866. The first-order chi connectivity index (χ1) is 14.8. The van der Waals surface area contributed by atoms with Crippen molar-refractivity contribution in [3.8, 4) is 33.8 Å². The van der Waals surface area contributed by atoms with Gasteiger partial charge in [0.25, 0.3) is 0 Å². The molecule has 0 heterocycles. The molecule has 0 aliphatic rings. The van der Waals surface area contributed by atoms with E-state index in [2.05, 4.69) is 102 Å². The molecule has 0 unspecified atom stereocenters. The SMILES string of the molecule is Cc1ccc(Oc2c(C)c(-c3ccc(C)cc3)c(C)c(-c3ccc(C)cc3)c2C)cc1. The fourth-order valence-corrected chi connectivity index (χ4v) is 4.38. The minimum atomic E-state index is 0.866. The molecule has 0 aliphatic carbocycles. The van der Waals surface area contributed by atoms with Crippen LogP contribution in [-0.2, 0) is 0 Å². The number of benzene rings is 4. The van der Waals surface area contributed by atoms with Crippen molar-refractivity contribution in [3.63, 3.8) is 0 Å². The summed E-state index contributed by atoms with van der Waals surface area (Å²) in [4.78, 5) is 0. The number of ether oxygens (including phenoxy) is 1. The Hall–Kier alpha value is -3.32. The molecule has 0 aromatic heterocycles. The molecular weight excluding hydrogens is 376 g/mol. The first kappa shape index (κ1) is 20.9. The van der Waals surface area contributed by atoms with Crippen LogP contribution >= 0.6 is 0 Å². The topological polar surface area (TPSA) is 9.23 Å². The lowest BCUT2D eigenvalue weighted by Crippen LogP contribution is -2.01. The average Bonchev–Trinajstić information content (AvgIpc) is 2.75. The molecule has 0 radical (unpaired) electrons. The lowest BCUT2D eigenvalue weighted by molar-refractivity contribution is 0.475. The molecule has 0 spiro atoms. The quantitative estimate of drug-likeness (QED) is 0.329. The Labute approximate surface area is 186 Å². The molecule has 1 heteroatoms. The summed E-state index contributed by atoms with van der Waals surface area (Å²) in [5, 5.41) is 0. The molecule has 0 atom stereocenters. The van der Waals surface area contributed by atoms with Crippen molar-refractivity contribution in [2.24, 2.45) is 0 Å². The van der Waals surface area contributed by atoms with Gasteiger partial charge in [-0.15, -0.1) is 0 Å². The van der Waals surface area contributed by atoms with Gasteiger partial charge in [0.15, 0.2) is 0 Å². The van der Waals surface area contributed by atoms with Crippen LogP contribution in [0.25, 0.3) is 22.3 Å². The zero-order chi connectivity index (χ0) is 22.1. The van der Waals surface area contributed by atoms with Crippen LogP contribution in [0.2, 0.25) is 0 Å². The maximum Gasteiger partial charge on any atom is 0.134 e. The standard InChI is InChI=1S/C30H30O/c1-19-7-13-25(14-8-19)28-22(4)29(26-15-9-20(2)10-16-26)24(6)30(23(28)5)31-27-17-11-21(3)12-18-27/h7-18H,1-6H3. The number of hydrogen-bond donors (Lipinski definition) is 0. The highest BCUT2D eigenvalue weighted by atomic mass is 16.5. The maximum absolute atomic E-state index is 6.52. The molecule has 31 heavy (non-hydrogen) atoms. The van der Waals surface area contributed by atoms with Crippen LogP contribution in [0.5, 0.6) is 11.5 Å². The third-order valence-electron chi connectivity index (χ3n) is 6.10. The van der Waals surface area contributed by atoms with E-state index >= 15 is 0 Å². The second-order valence-corrected chi connectivity index (χ2v) is 8.60. The van der Waals surface area contributed by atoms with Crippen LogP contribution in [-0.4, -0.2) is 0 Å². The summed E-state index contributed by atoms with van der Waals surface area (Å²) in [6.45, 7) is 12.9. The molecule has 0 saturated heterocycles. The molecule has 0 saturated carbocycles. The van der Waals surface area contributed by atoms with E-state index in [9.17, 15) is 0 Å². The minimum Gasteiger partial charge on any atom is -0.457 e. The van der Waals surface area contributed by atoms with Crippen LogP contribution in [0, 0.1) is 41.5 Å². The van der Waals surface area contributed by atoms with E-state index in [4.69, 9.17) is 4.74 Å². The van der Waals surface area contributed by atoms with Gasteiger partial charge in [0.05, 0.1) is 0 Å². The highest BCUT2D eigenvalue weighted by Crippen LogP contribution is 2.44. The van der Waals surface area contributed by atoms with E-state index in [0.717, 1.165) is 11.5 Å². The van der Waals surface area contributed by atoms with Gasteiger partial charge in [-0.2, -0.15) is 0 Å². The summed E-state index contributed by atoms with van der Waals surface area (Å²) in [5.74, 6) is 1.81. The lowest BCUT2D eigenvalue weighted by Gasteiger charge is -2.23. The van der Waals surface area contributed by atoms with Gasteiger partial charge < -0.3 is 4.74 Å². The van der Waals surface area contributed by atoms with Gasteiger partial charge in [-0.3, -0.25) is 0 Å². The molecular formula is C30H30O. The van der Waals surface area contributed by atoms with Crippen LogP contribution in [0.15, 0.2) is 72.8 Å². The summed E-state index contributed by atoms with van der Waals surface area (Å²) in [6.07, 6.45) is 0. The van der Waals surface area contributed by atoms with Gasteiger partial charge in [0, 0.05) is 11.1 Å². The van der Waals surface area contributed by atoms with Crippen LogP contribution in [0.1, 0.15) is 33.4 Å². The summed E-state index contributed by atoms with van der Waals surface area (Å²) in [5.41, 5.74) is 12.4. The van der Waals surface area contributed by atoms with E-state index in [-0.39, 0.29) is 0 Å². The molecule has 0 N–H and O–H groups in total. The predicted octanol–water partition coefficient (Wildman–Crippen LogP) is 8.66. The molecule has 4 rings (SSSR count). The Kier molecular flexibility index (Phi) is 5.69. The van der Waals surface area contributed by atoms with E-state index in [1.165, 1.54) is 55.6 Å². The largest absolute Gasteiger partial charge is 0.457 e. The molecule has 1 nitrogen and oxygen atoms in total. The molecule has 156 valence electrons. The van der Waals surface area contributed by atoms with E-state index in [1.54, 1.807) is 0 Å². The average molecular weight is 407 g/mol. The van der Waals surface area contributed by atoms with Crippen molar-refractivity contribution in [1.29, 1.82) is 0 Å². The van der Waals surface area contributed by atoms with Gasteiger partial charge in [-0.25, -0.2) is 0 Å². The smallest absolute Gasteiger partial charge is 0.134 e. The Morgan fingerprint density at radius 3 is 1.16 bits per heavy atom. The maximum atomic E-state index is 6.52. The Morgan fingerprint density at radius 1 is 0.419 bits per heavy atom. The van der Waals surface area contributed by atoms with Crippen molar-refractivity contribution < 1.29 is 4.74 Å². The second-order valence-electron chi connectivity index (χ2n) is 8.60. The van der Waals surface area contributed by atoms with Crippen molar-refractivity contribution in [2.75, 3.05) is 0 Å². The van der Waals surface area contributed by atoms with Crippen LogP contribution < -0.4 is 4.74 Å². The summed E-state index contributed by atoms with van der Waals surface area (Å²) < 4.78 is 6.52. The molecule has 0 fully saturated rings. The zero-order valence-corrected chi connectivity index (χ0v) is 19.3. The van der Waals surface area contributed by atoms with Crippen LogP contribution in [0.4, 0.5) is 0 Å². The van der Waals surface area contributed by atoms with Crippen molar-refractivity contribution in [2.45, 2.75) is 41.5 Å². The fraction of sp³-hybridized carbons (Fsp3) is 0.200. The van der Waals surface area contributed by atoms with E-state index in [1.807, 2.05) is 12.1 Å². The normalized spacial score (nSPS) is 10.9. The highest BCUT2D eigenvalue weighted by Gasteiger charge is 2.21. The lowest BCUT2D eigenvalue weighted by atomic mass is 9.85. The second kappa shape index (κ2) is 8.43. The van der Waals surface area contributed by atoms with Gasteiger partial charge in [0.1, 0.15) is 11.5 Å². The Bertz CT molecular complexity index is 1140. The first-order valence-electron chi connectivity index (χ1n) is 10.9. The number of hydrogen-bond acceptors (Lipinski definition) is 1. The number of rotatable bonds is 4. The molecule has 0 aliphatic heterocycles. The summed E-state index contributed by atoms with van der Waals surface area (Å²) >= 11 is 0. The monoisotopic (exact) mass is 406 g/mol. The summed E-state index contributed by atoms with van der Waals surface area (Å²) in [6, 6.07) is 25.9. The fourth-order valence-electron chi connectivity index (χ4n) is 4.38. The van der Waals surface area contributed by atoms with Crippen molar-refractivity contribution in [3.05, 3.63) is 106 Å². The molecule has 4 aromatic carbocycles. The molecule has 4 aromatic rings.